The lowest BCUT2D eigenvalue weighted by atomic mass is 10.2. The molecule has 1 fully saturated rings. The van der Waals surface area contributed by atoms with Gasteiger partial charge in [-0.3, -0.25) is 4.90 Å². The third-order valence-electron chi connectivity index (χ3n) is 3.42. The Balaban J connectivity index is 1.77. The highest BCUT2D eigenvalue weighted by Gasteiger charge is 2.32. The van der Waals surface area contributed by atoms with E-state index in [1.165, 1.54) is 12.8 Å². The van der Waals surface area contributed by atoms with Gasteiger partial charge in [-0.1, -0.05) is 0 Å². The van der Waals surface area contributed by atoms with Gasteiger partial charge < -0.3 is 14.5 Å². The van der Waals surface area contributed by atoms with E-state index in [4.69, 9.17) is 9.15 Å². The van der Waals surface area contributed by atoms with Crippen LogP contribution in [0.2, 0.25) is 0 Å². The fourth-order valence-corrected chi connectivity index (χ4v) is 2.24. The van der Waals surface area contributed by atoms with Crippen LogP contribution in [0, 0.1) is 0 Å². The molecule has 1 aromatic rings. The predicted molar refractivity (Wildman–Crippen MR) is 71.5 cm³/mol. The van der Waals surface area contributed by atoms with Gasteiger partial charge in [0, 0.05) is 32.3 Å². The van der Waals surface area contributed by atoms with Crippen molar-refractivity contribution in [1.82, 2.24) is 10.2 Å². The van der Waals surface area contributed by atoms with Gasteiger partial charge in [-0.25, -0.2) is 0 Å². The molecule has 102 valence electrons. The lowest BCUT2D eigenvalue weighted by molar-refractivity contribution is 0.162. The van der Waals surface area contributed by atoms with Crippen molar-refractivity contribution in [3.63, 3.8) is 0 Å². The molecule has 4 heteroatoms. The van der Waals surface area contributed by atoms with E-state index < -0.39 is 0 Å². The van der Waals surface area contributed by atoms with Crippen molar-refractivity contribution in [2.75, 3.05) is 26.8 Å². The standard InChI is InChI=1S/C14H24N2O2/c1-12(10-15-7-9-17-2)16(13-5-6-13)11-14-4-3-8-18-14/h3-4,8,12-13,15H,5-7,9-11H2,1-2H3. The molecule has 0 aromatic carbocycles. The molecule has 0 radical (unpaired) electrons. The number of rotatable bonds is 9. The van der Waals surface area contributed by atoms with E-state index in [1.807, 2.05) is 6.07 Å². The van der Waals surface area contributed by atoms with Crippen molar-refractivity contribution < 1.29 is 9.15 Å². The highest BCUT2D eigenvalue weighted by atomic mass is 16.5. The summed E-state index contributed by atoms with van der Waals surface area (Å²) >= 11 is 0. The molecule has 2 rings (SSSR count). The number of hydrogen-bond acceptors (Lipinski definition) is 4. The van der Waals surface area contributed by atoms with Gasteiger partial charge in [-0.05, 0) is 31.9 Å². The lowest BCUT2D eigenvalue weighted by Crippen LogP contribution is -2.42. The van der Waals surface area contributed by atoms with Gasteiger partial charge in [0.25, 0.3) is 0 Å². The van der Waals surface area contributed by atoms with Gasteiger partial charge in [0.1, 0.15) is 5.76 Å². The first-order chi connectivity index (χ1) is 8.81. The van der Waals surface area contributed by atoms with E-state index in [2.05, 4.69) is 23.2 Å². The van der Waals surface area contributed by atoms with Crippen LogP contribution >= 0.6 is 0 Å². The van der Waals surface area contributed by atoms with Gasteiger partial charge in [0.2, 0.25) is 0 Å². The van der Waals surface area contributed by atoms with Crippen molar-refractivity contribution in [3.05, 3.63) is 24.2 Å². The van der Waals surface area contributed by atoms with Gasteiger partial charge in [0.15, 0.2) is 0 Å². The Morgan fingerprint density at radius 3 is 3.00 bits per heavy atom. The number of ether oxygens (including phenoxy) is 1. The monoisotopic (exact) mass is 252 g/mol. The molecular formula is C14H24N2O2. The number of nitrogens with zero attached hydrogens (tertiary/aromatic N) is 1. The predicted octanol–water partition coefficient (Wildman–Crippen LogP) is 1.87. The zero-order chi connectivity index (χ0) is 12.8. The molecule has 0 amide bonds. The Morgan fingerprint density at radius 1 is 1.56 bits per heavy atom. The average molecular weight is 252 g/mol. The molecule has 0 saturated heterocycles. The summed E-state index contributed by atoms with van der Waals surface area (Å²) in [5.41, 5.74) is 0. The summed E-state index contributed by atoms with van der Waals surface area (Å²) in [6.45, 7) is 5.89. The molecule has 1 unspecified atom stereocenters. The van der Waals surface area contributed by atoms with Crippen molar-refractivity contribution in [2.24, 2.45) is 0 Å². The van der Waals surface area contributed by atoms with Crippen LogP contribution in [0.3, 0.4) is 0 Å². The van der Waals surface area contributed by atoms with Crippen molar-refractivity contribution in [2.45, 2.75) is 38.4 Å². The maximum atomic E-state index is 5.45. The van der Waals surface area contributed by atoms with Crippen molar-refractivity contribution in [3.8, 4) is 0 Å². The molecule has 1 saturated carbocycles. The van der Waals surface area contributed by atoms with Crippen molar-refractivity contribution in [1.29, 1.82) is 0 Å². The number of nitrogens with one attached hydrogen (secondary N) is 1. The first-order valence-corrected chi connectivity index (χ1v) is 6.79. The van der Waals surface area contributed by atoms with E-state index in [-0.39, 0.29) is 0 Å². The molecule has 1 heterocycles. The topological polar surface area (TPSA) is 37.6 Å². The third kappa shape index (κ3) is 4.12. The first kappa shape index (κ1) is 13.6. The molecule has 1 atom stereocenters. The maximum Gasteiger partial charge on any atom is 0.117 e. The zero-order valence-corrected chi connectivity index (χ0v) is 11.4. The smallest absolute Gasteiger partial charge is 0.117 e. The third-order valence-corrected chi connectivity index (χ3v) is 3.42. The Morgan fingerprint density at radius 2 is 2.39 bits per heavy atom. The molecule has 0 bridgehead atoms. The summed E-state index contributed by atoms with van der Waals surface area (Å²) in [4.78, 5) is 2.54. The minimum Gasteiger partial charge on any atom is -0.468 e. The largest absolute Gasteiger partial charge is 0.468 e. The number of furan rings is 1. The van der Waals surface area contributed by atoms with E-state index in [0.717, 1.165) is 38.0 Å². The van der Waals surface area contributed by atoms with Crippen LogP contribution in [-0.4, -0.2) is 43.8 Å². The summed E-state index contributed by atoms with van der Waals surface area (Å²) in [6, 6.07) is 5.29. The van der Waals surface area contributed by atoms with E-state index in [0.29, 0.717) is 6.04 Å². The summed E-state index contributed by atoms with van der Waals surface area (Å²) in [5, 5.41) is 3.43. The Kier molecular flexibility index (Phi) is 5.23. The van der Waals surface area contributed by atoms with E-state index in [9.17, 15) is 0 Å². The van der Waals surface area contributed by atoms with Crippen LogP contribution in [0.25, 0.3) is 0 Å². The normalized spacial score (nSPS) is 17.3. The van der Waals surface area contributed by atoms with Gasteiger partial charge in [-0.2, -0.15) is 0 Å². The van der Waals surface area contributed by atoms with Crippen LogP contribution in [-0.2, 0) is 11.3 Å². The quantitative estimate of drug-likeness (QED) is 0.681. The summed E-state index contributed by atoms with van der Waals surface area (Å²) in [6.07, 6.45) is 4.40. The fraction of sp³-hybridized carbons (Fsp3) is 0.714. The fourth-order valence-electron chi connectivity index (χ4n) is 2.24. The van der Waals surface area contributed by atoms with E-state index in [1.54, 1.807) is 13.4 Å². The second-order valence-corrected chi connectivity index (χ2v) is 5.03. The second-order valence-electron chi connectivity index (χ2n) is 5.03. The van der Waals surface area contributed by atoms with Crippen molar-refractivity contribution >= 4 is 0 Å². The Labute approximate surface area is 109 Å². The maximum absolute atomic E-state index is 5.45. The molecule has 4 nitrogen and oxygen atoms in total. The number of methoxy groups -OCH3 is 1. The van der Waals surface area contributed by atoms with Crippen LogP contribution in [0.15, 0.2) is 22.8 Å². The average Bonchev–Trinajstić information content (AvgIpc) is 3.08. The van der Waals surface area contributed by atoms with Gasteiger partial charge in [0.05, 0.1) is 19.4 Å². The molecule has 1 aliphatic carbocycles. The number of hydrogen-bond donors (Lipinski definition) is 1. The van der Waals surface area contributed by atoms with Crippen LogP contribution in [0.1, 0.15) is 25.5 Å². The van der Waals surface area contributed by atoms with Crippen LogP contribution in [0.4, 0.5) is 0 Å². The van der Waals surface area contributed by atoms with Gasteiger partial charge >= 0.3 is 0 Å². The van der Waals surface area contributed by atoms with E-state index >= 15 is 0 Å². The highest BCUT2D eigenvalue weighted by Crippen LogP contribution is 2.30. The zero-order valence-electron chi connectivity index (χ0n) is 11.4. The summed E-state index contributed by atoms with van der Waals surface area (Å²) in [7, 11) is 1.73. The van der Waals surface area contributed by atoms with Gasteiger partial charge in [-0.15, -0.1) is 0 Å². The molecule has 1 N–H and O–H groups in total. The van der Waals surface area contributed by atoms with Crippen LogP contribution < -0.4 is 5.32 Å². The second kappa shape index (κ2) is 6.92. The molecule has 1 aromatic heterocycles. The highest BCUT2D eigenvalue weighted by molar-refractivity contribution is 5.00. The molecule has 1 aliphatic rings. The molecule has 0 aliphatic heterocycles. The molecule has 0 spiro atoms. The summed E-state index contributed by atoms with van der Waals surface area (Å²) in [5.74, 6) is 1.06. The first-order valence-electron chi connectivity index (χ1n) is 6.79. The molecular weight excluding hydrogens is 228 g/mol. The minimum atomic E-state index is 0.527. The van der Waals surface area contributed by atoms with Crippen LogP contribution in [0.5, 0.6) is 0 Å². The molecule has 18 heavy (non-hydrogen) atoms. The minimum absolute atomic E-state index is 0.527. The Hall–Kier alpha value is -0.840. The SMILES string of the molecule is COCCNCC(C)N(Cc1ccco1)C1CC1. The summed E-state index contributed by atoms with van der Waals surface area (Å²) < 4.78 is 10.5. The Bertz CT molecular complexity index is 323. The lowest BCUT2D eigenvalue weighted by Gasteiger charge is -2.28.